The zero-order valence-corrected chi connectivity index (χ0v) is 10.7. The van der Waals surface area contributed by atoms with Crippen LogP contribution < -0.4 is 5.73 Å². The Kier molecular flexibility index (Phi) is 4.51. The normalized spacial score (nSPS) is 12.9. The summed E-state index contributed by atoms with van der Waals surface area (Å²) in [6, 6.07) is 5.28. The van der Waals surface area contributed by atoms with E-state index < -0.39 is 0 Å². The molecular formula is C13H18ClNO. The molecule has 0 fully saturated rings. The van der Waals surface area contributed by atoms with Gasteiger partial charge >= 0.3 is 0 Å². The Balaban J connectivity index is 2.77. The maximum atomic E-state index is 11.9. The quantitative estimate of drug-likeness (QED) is 0.820. The van der Waals surface area contributed by atoms with Crippen LogP contribution in [0, 0.1) is 12.8 Å². The Morgan fingerprint density at radius 2 is 2.06 bits per heavy atom. The highest BCUT2D eigenvalue weighted by Gasteiger charge is 2.14. The maximum Gasteiger partial charge on any atom is 0.164 e. The minimum absolute atomic E-state index is 0.0584. The second-order valence-electron chi connectivity index (χ2n) is 4.50. The van der Waals surface area contributed by atoms with Crippen LogP contribution >= 0.6 is 11.6 Å². The van der Waals surface area contributed by atoms with Crippen LogP contribution in [0.5, 0.6) is 0 Å². The first-order chi connectivity index (χ1) is 7.41. The summed E-state index contributed by atoms with van der Waals surface area (Å²) in [5.74, 6) is 0.368. The fourth-order valence-electron chi connectivity index (χ4n) is 1.33. The van der Waals surface area contributed by atoms with E-state index in [9.17, 15) is 4.79 Å². The molecule has 0 amide bonds. The number of aryl methyl sites for hydroxylation is 1. The van der Waals surface area contributed by atoms with Gasteiger partial charge in [-0.2, -0.15) is 0 Å². The average Bonchev–Trinajstić information content (AvgIpc) is 2.21. The molecule has 16 heavy (non-hydrogen) atoms. The Labute approximate surface area is 102 Å². The monoisotopic (exact) mass is 239 g/mol. The van der Waals surface area contributed by atoms with Crippen molar-refractivity contribution in [3.8, 4) is 0 Å². The van der Waals surface area contributed by atoms with Crippen molar-refractivity contribution in [2.75, 3.05) is 0 Å². The zero-order chi connectivity index (χ0) is 12.3. The smallest absolute Gasteiger partial charge is 0.164 e. The Morgan fingerprint density at radius 1 is 1.44 bits per heavy atom. The van der Waals surface area contributed by atoms with Gasteiger partial charge in [0.1, 0.15) is 0 Å². The number of benzene rings is 1. The third-order valence-corrected chi connectivity index (χ3v) is 3.18. The molecule has 0 aliphatic rings. The van der Waals surface area contributed by atoms with Crippen molar-refractivity contribution in [2.24, 2.45) is 11.7 Å². The van der Waals surface area contributed by atoms with Gasteiger partial charge in [0.2, 0.25) is 0 Å². The van der Waals surface area contributed by atoms with Gasteiger partial charge in [0.25, 0.3) is 0 Å². The van der Waals surface area contributed by atoms with Gasteiger partial charge in [-0.25, -0.2) is 0 Å². The molecule has 0 bridgehead atoms. The van der Waals surface area contributed by atoms with E-state index in [1.54, 1.807) is 12.1 Å². The summed E-state index contributed by atoms with van der Waals surface area (Å²) >= 11 is 5.97. The number of carbonyl (C=O) groups is 1. The number of hydrogen-bond acceptors (Lipinski definition) is 2. The highest BCUT2D eigenvalue weighted by molar-refractivity contribution is 6.31. The summed E-state index contributed by atoms with van der Waals surface area (Å²) in [7, 11) is 0. The van der Waals surface area contributed by atoms with E-state index in [0.29, 0.717) is 22.9 Å². The van der Waals surface area contributed by atoms with Crippen molar-refractivity contribution in [3.05, 3.63) is 34.3 Å². The number of halogens is 1. The zero-order valence-electron chi connectivity index (χ0n) is 9.96. The molecule has 88 valence electrons. The van der Waals surface area contributed by atoms with Crippen LogP contribution in [0.2, 0.25) is 5.02 Å². The lowest BCUT2D eigenvalue weighted by Crippen LogP contribution is -2.29. The van der Waals surface area contributed by atoms with Crippen molar-refractivity contribution in [3.63, 3.8) is 0 Å². The van der Waals surface area contributed by atoms with E-state index >= 15 is 0 Å². The summed E-state index contributed by atoms with van der Waals surface area (Å²) in [5, 5.41) is 0.629. The third-order valence-electron chi connectivity index (χ3n) is 2.77. The lowest BCUT2D eigenvalue weighted by molar-refractivity contribution is 0.0967. The molecule has 1 aromatic carbocycles. The lowest BCUT2D eigenvalue weighted by atomic mass is 9.96. The number of carbonyl (C=O) groups excluding carboxylic acids is 1. The summed E-state index contributed by atoms with van der Waals surface area (Å²) in [6.45, 7) is 5.94. The number of ketones is 1. The average molecular weight is 240 g/mol. The molecule has 1 aromatic rings. The van der Waals surface area contributed by atoms with Crippen molar-refractivity contribution < 1.29 is 4.79 Å². The molecule has 0 radical (unpaired) electrons. The third kappa shape index (κ3) is 3.32. The second-order valence-corrected chi connectivity index (χ2v) is 4.91. The molecule has 0 heterocycles. The van der Waals surface area contributed by atoms with Crippen LogP contribution in [0.1, 0.15) is 36.2 Å². The van der Waals surface area contributed by atoms with Crippen LogP contribution in [-0.2, 0) is 0 Å². The summed E-state index contributed by atoms with van der Waals surface area (Å²) < 4.78 is 0. The highest BCUT2D eigenvalue weighted by atomic mass is 35.5. The van der Waals surface area contributed by atoms with Crippen LogP contribution in [0.15, 0.2) is 18.2 Å². The van der Waals surface area contributed by atoms with Crippen molar-refractivity contribution in [1.29, 1.82) is 0 Å². The van der Waals surface area contributed by atoms with Crippen LogP contribution in [0.3, 0.4) is 0 Å². The van der Waals surface area contributed by atoms with E-state index in [0.717, 1.165) is 5.56 Å². The van der Waals surface area contributed by atoms with Crippen LogP contribution in [0.4, 0.5) is 0 Å². The first-order valence-corrected chi connectivity index (χ1v) is 5.84. The predicted molar refractivity (Wildman–Crippen MR) is 67.9 cm³/mol. The van der Waals surface area contributed by atoms with Gasteiger partial charge in [-0.3, -0.25) is 4.79 Å². The first-order valence-electron chi connectivity index (χ1n) is 5.46. The standard InChI is InChI=1S/C13H18ClNO/c1-8(2)12(15)7-13(16)10-5-4-9(3)11(14)6-10/h4-6,8,12H,7,15H2,1-3H3. The Hall–Kier alpha value is -0.860. The molecule has 0 saturated heterocycles. The maximum absolute atomic E-state index is 11.9. The molecule has 0 spiro atoms. The largest absolute Gasteiger partial charge is 0.327 e. The van der Waals surface area contributed by atoms with E-state index in [1.807, 2.05) is 26.8 Å². The van der Waals surface area contributed by atoms with E-state index in [1.165, 1.54) is 0 Å². The van der Waals surface area contributed by atoms with Gasteiger partial charge in [0.15, 0.2) is 5.78 Å². The lowest BCUT2D eigenvalue weighted by Gasteiger charge is -2.14. The molecule has 0 aliphatic heterocycles. The van der Waals surface area contributed by atoms with Gasteiger partial charge in [0.05, 0.1) is 0 Å². The summed E-state index contributed by atoms with van der Waals surface area (Å²) in [4.78, 5) is 11.9. The van der Waals surface area contributed by atoms with Crippen molar-refractivity contribution >= 4 is 17.4 Å². The number of hydrogen-bond donors (Lipinski definition) is 1. The summed E-state index contributed by atoms with van der Waals surface area (Å²) in [6.07, 6.45) is 0.372. The van der Waals surface area contributed by atoms with Crippen LogP contribution in [0.25, 0.3) is 0 Å². The molecule has 3 heteroatoms. The summed E-state index contributed by atoms with van der Waals surface area (Å²) in [5.41, 5.74) is 7.49. The minimum atomic E-state index is -0.0902. The van der Waals surface area contributed by atoms with Crippen molar-refractivity contribution in [2.45, 2.75) is 33.2 Å². The Morgan fingerprint density at radius 3 is 2.56 bits per heavy atom. The van der Waals surface area contributed by atoms with Gasteiger partial charge in [-0.1, -0.05) is 37.6 Å². The first kappa shape index (κ1) is 13.2. The fourth-order valence-corrected chi connectivity index (χ4v) is 1.51. The topological polar surface area (TPSA) is 43.1 Å². The van der Waals surface area contributed by atoms with Gasteiger partial charge < -0.3 is 5.73 Å². The van der Waals surface area contributed by atoms with E-state index in [-0.39, 0.29) is 11.8 Å². The van der Waals surface area contributed by atoms with E-state index in [4.69, 9.17) is 17.3 Å². The number of nitrogens with two attached hydrogens (primary N) is 1. The minimum Gasteiger partial charge on any atom is -0.327 e. The van der Waals surface area contributed by atoms with E-state index in [2.05, 4.69) is 0 Å². The SMILES string of the molecule is Cc1ccc(C(=O)CC(N)C(C)C)cc1Cl. The fraction of sp³-hybridized carbons (Fsp3) is 0.462. The molecule has 0 saturated carbocycles. The van der Waals surface area contributed by atoms with Gasteiger partial charge in [0, 0.05) is 23.0 Å². The van der Waals surface area contributed by atoms with Crippen molar-refractivity contribution in [1.82, 2.24) is 0 Å². The molecule has 0 aromatic heterocycles. The highest BCUT2D eigenvalue weighted by Crippen LogP contribution is 2.18. The molecule has 1 unspecified atom stereocenters. The van der Waals surface area contributed by atoms with Crippen LogP contribution in [-0.4, -0.2) is 11.8 Å². The molecular weight excluding hydrogens is 222 g/mol. The van der Waals surface area contributed by atoms with Gasteiger partial charge in [-0.15, -0.1) is 0 Å². The molecule has 2 nitrogen and oxygen atoms in total. The molecule has 2 N–H and O–H groups in total. The second kappa shape index (κ2) is 5.46. The predicted octanol–water partition coefficient (Wildman–Crippen LogP) is 3.20. The molecule has 1 rings (SSSR count). The number of Topliss-reactive ketones (excluding diaryl/α,β-unsaturated/α-hetero) is 1. The van der Waals surface area contributed by atoms with Gasteiger partial charge in [-0.05, 0) is 24.5 Å². The Bertz CT molecular complexity index is 388. The molecule has 1 atom stereocenters. The number of rotatable bonds is 4. The molecule has 0 aliphatic carbocycles.